The van der Waals surface area contributed by atoms with Gasteiger partial charge in [0.05, 0.1) is 16.6 Å². The number of ether oxygens (including phenoxy) is 1. The van der Waals surface area contributed by atoms with Gasteiger partial charge >= 0.3 is 0 Å². The van der Waals surface area contributed by atoms with Gasteiger partial charge in [-0.25, -0.2) is 9.37 Å². The minimum Gasteiger partial charge on any atom is -0.488 e. The molecule has 0 radical (unpaired) electrons. The Hall–Kier alpha value is -4.43. The predicted molar refractivity (Wildman–Crippen MR) is 124 cm³/mol. The molecule has 0 amide bonds. The molecule has 0 aliphatic rings. The van der Waals surface area contributed by atoms with Crippen molar-refractivity contribution in [3.8, 4) is 11.8 Å². The van der Waals surface area contributed by atoms with Crippen LogP contribution >= 0.6 is 0 Å². The van der Waals surface area contributed by atoms with Crippen molar-refractivity contribution in [2.75, 3.05) is 0 Å². The Bertz CT molecular complexity index is 1510. The Balaban J connectivity index is 1.46. The third-order valence-corrected chi connectivity index (χ3v) is 5.30. The SMILES string of the molecule is N#C/C(=C/c1ccccc1OCc1cccc2ccccc12)c1nc2ccc(F)cc2[nH]1. The second kappa shape index (κ2) is 8.37. The first-order valence-corrected chi connectivity index (χ1v) is 10.2. The number of fused-ring (bicyclic) bond motifs is 2. The fourth-order valence-corrected chi connectivity index (χ4v) is 3.72. The van der Waals surface area contributed by atoms with Crippen LogP contribution in [-0.4, -0.2) is 9.97 Å². The maximum absolute atomic E-state index is 13.5. The third kappa shape index (κ3) is 3.82. The summed E-state index contributed by atoms with van der Waals surface area (Å²) in [4.78, 5) is 7.45. The van der Waals surface area contributed by atoms with Crippen LogP contribution in [0.25, 0.3) is 33.5 Å². The van der Waals surface area contributed by atoms with Crippen LogP contribution in [0.5, 0.6) is 5.75 Å². The van der Waals surface area contributed by atoms with Gasteiger partial charge in [0, 0.05) is 5.56 Å². The van der Waals surface area contributed by atoms with Gasteiger partial charge in [0.25, 0.3) is 0 Å². The molecular weight excluding hydrogens is 401 g/mol. The topological polar surface area (TPSA) is 61.7 Å². The second-order valence-electron chi connectivity index (χ2n) is 7.38. The number of rotatable bonds is 5. The first-order valence-electron chi connectivity index (χ1n) is 10.2. The molecule has 1 heterocycles. The van der Waals surface area contributed by atoms with Gasteiger partial charge in [-0.05, 0) is 46.7 Å². The summed E-state index contributed by atoms with van der Waals surface area (Å²) in [5, 5.41) is 12.1. The van der Waals surface area contributed by atoms with Crippen LogP contribution in [0.2, 0.25) is 0 Å². The van der Waals surface area contributed by atoms with Crippen LogP contribution in [0.4, 0.5) is 4.39 Å². The van der Waals surface area contributed by atoms with Crippen molar-refractivity contribution in [1.82, 2.24) is 9.97 Å². The van der Waals surface area contributed by atoms with Gasteiger partial charge < -0.3 is 9.72 Å². The number of para-hydroxylation sites is 1. The minimum atomic E-state index is -0.359. The number of aromatic amines is 1. The number of hydrogen-bond acceptors (Lipinski definition) is 3. The smallest absolute Gasteiger partial charge is 0.149 e. The van der Waals surface area contributed by atoms with E-state index in [2.05, 4.69) is 40.3 Å². The fraction of sp³-hybridized carbons (Fsp3) is 0.0370. The molecule has 1 N–H and O–H groups in total. The fourth-order valence-electron chi connectivity index (χ4n) is 3.72. The molecule has 0 saturated carbocycles. The quantitative estimate of drug-likeness (QED) is 0.331. The molecule has 32 heavy (non-hydrogen) atoms. The van der Waals surface area contributed by atoms with Crippen LogP contribution in [0.1, 0.15) is 17.0 Å². The van der Waals surface area contributed by atoms with E-state index in [0.29, 0.717) is 34.8 Å². The van der Waals surface area contributed by atoms with Crippen LogP contribution in [0.15, 0.2) is 84.9 Å². The average Bonchev–Trinajstić information content (AvgIpc) is 3.24. The Morgan fingerprint density at radius 1 is 1.00 bits per heavy atom. The van der Waals surface area contributed by atoms with Gasteiger partial charge in [-0.1, -0.05) is 60.7 Å². The molecule has 4 aromatic carbocycles. The van der Waals surface area contributed by atoms with Crippen LogP contribution in [0, 0.1) is 17.1 Å². The largest absolute Gasteiger partial charge is 0.488 e. The number of H-pyrrole nitrogens is 1. The Kier molecular flexibility index (Phi) is 5.11. The molecule has 1 aromatic heterocycles. The number of imidazole rings is 1. The van der Waals surface area contributed by atoms with Crippen molar-refractivity contribution in [3.63, 3.8) is 0 Å². The normalized spacial score (nSPS) is 11.6. The number of benzene rings is 4. The standard InChI is InChI=1S/C27H18FN3O/c28-22-12-13-24-25(15-22)31-27(30-24)21(16-29)14-19-7-2-4-11-26(19)32-17-20-9-5-8-18-6-1-3-10-23(18)20/h1-15H,17H2,(H,30,31)/b21-14-. The predicted octanol–water partition coefficient (Wildman–Crippen LogP) is 6.50. The van der Waals surface area contributed by atoms with Crippen molar-refractivity contribution >= 4 is 33.5 Å². The molecule has 0 atom stereocenters. The Morgan fingerprint density at radius 2 is 1.81 bits per heavy atom. The first-order chi connectivity index (χ1) is 15.7. The van der Waals surface area contributed by atoms with E-state index >= 15 is 0 Å². The molecule has 0 fully saturated rings. The van der Waals surface area contributed by atoms with Crippen molar-refractivity contribution in [1.29, 1.82) is 5.26 Å². The lowest BCUT2D eigenvalue weighted by atomic mass is 10.1. The molecular formula is C27H18FN3O. The minimum absolute atomic E-state index is 0.336. The summed E-state index contributed by atoms with van der Waals surface area (Å²) in [5.74, 6) is 0.690. The highest BCUT2D eigenvalue weighted by Gasteiger charge is 2.11. The first kappa shape index (κ1) is 19.5. The molecule has 0 unspecified atom stereocenters. The summed E-state index contributed by atoms with van der Waals surface area (Å²) in [6.07, 6.45) is 1.73. The molecule has 154 valence electrons. The highest BCUT2D eigenvalue weighted by atomic mass is 19.1. The highest BCUT2D eigenvalue weighted by molar-refractivity contribution is 5.91. The number of nitriles is 1. The van der Waals surface area contributed by atoms with Gasteiger partial charge in [0.1, 0.15) is 30.1 Å². The van der Waals surface area contributed by atoms with E-state index in [1.165, 1.54) is 12.1 Å². The zero-order valence-corrected chi connectivity index (χ0v) is 17.0. The van der Waals surface area contributed by atoms with E-state index < -0.39 is 0 Å². The lowest BCUT2D eigenvalue weighted by Crippen LogP contribution is -1.98. The molecule has 0 bridgehead atoms. The second-order valence-corrected chi connectivity index (χ2v) is 7.38. The van der Waals surface area contributed by atoms with Gasteiger partial charge in [0.2, 0.25) is 0 Å². The summed E-state index contributed by atoms with van der Waals surface area (Å²) in [6.45, 7) is 0.401. The number of nitrogens with zero attached hydrogens (tertiary/aromatic N) is 2. The summed E-state index contributed by atoms with van der Waals surface area (Å²) < 4.78 is 19.7. The van der Waals surface area contributed by atoms with E-state index in [1.54, 1.807) is 12.1 Å². The average molecular weight is 419 g/mol. The lowest BCUT2D eigenvalue weighted by Gasteiger charge is -2.11. The lowest BCUT2D eigenvalue weighted by molar-refractivity contribution is 0.307. The molecule has 0 spiro atoms. The van der Waals surface area contributed by atoms with Gasteiger partial charge in [-0.3, -0.25) is 0 Å². The monoisotopic (exact) mass is 419 g/mol. The third-order valence-electron chi connectivity index (χ3n) is 5.30. The zero-order chi connectivity index (χ0) is 21.9. The number of hydrogen-bond donors (Lipinski definition) is 1. The zero-order valence-electron chi connectivity index (χ0n) is 17.0. The molecule has 5 aromatic rings. The summed E-state index contributed by atoms with van der Waals surface area (Å²) >= 11 is 0. The summed E-state index contributed by atoms with van der Waals surface area (Å²) in [7, 11) is 0. The van der Waals surface area contributed by atoms with E-state index in [1.807, 2.05) is 42.5 Å². The van der Waals surface area contributed by atoms with Crippen molar-refractivity contribution in [2.24, 2.45) is 0 Å². The van der Waals surface area contributed by atoms with E-state index in [-0.39, 0.29) is 5.82 Å². The number of allylic oxidation sites excluding steroid dienone is 1. The maximum atomic E-state index is 13.5. The van der Waals surface area contributed by atoms with Crippen LogP contribution in [0.3, 0.4) is 0 Å². The Morgan fingerprint density at radius 3 is 2.72 bits per heavy atom. The van der Waals surface area contributed by atoms with Crippen LogP contribution < -0.4 is 4.74 Å². The number of halogens is 1. The number of nitrogens with one attached hydrogen (secondary N) is 1. The summed E-state index contributed by atoms with van der Waals surface area (Å²) in [6, 6.07) is 28.4. The molecule has 0 aliphatic carbocycles. The number of aromatic nitrogens is 2. The van der Waals surface area contributed by atoms with Crippen molar-refractivity contribution < 1.29 is 9.13 Å². The van der Waals surface area contributed by atoms with E-state index in [0.717, 1.165) is 21.9 Å². The van der Waals surface area contributed by atoms with Gasteiger partial charge in [-0.15, -0.1) is 0 Å². The summed E-state index contributed by atoms with van der Waals surface area (Å²) in [5.41, 5.74) is 3.32. The van der Waals surface area contributed by atoms with E-state index in [4.69, 9.17) is 4.74 Å². The molecule has 5 heteroatoms. The Labute approximate surface area is 184 Å². The molecule has 5 rings (SSSR count). The van der Waals surface area contributed by atoms with Gasteiger partial charge in [0.15, 0.2) is 0 Å². The molecule has 0 saturated heterocycles. The van der Waals surface area contributed by atoms with Crippen molar-refractivity contribution in [2.45, 2.75) is 6.61 Å². The van der Waals surface area contributed by atoms with Crippen molar-refractivity contribution in [3.05, 3.63) is 108 Å². The maximum Gasteiger partial charge on any atom is 0.149 e. The highest BCUT2D eigenvalue weighted by Crippen LogP contribution is 2.27. The molecule has 4 nitrogen and oxygen atoms in total. The molecule has 0 aliphatic heterocycles. The van der Waals surface area contributed by atoms with Crippen LogP contribution in [-0.2, 0) is 6.61 Å². The van der Waals surface area contributed by atoms with Gasteiger partial charge in [-0.2, -0.15) is 5.26 Å². The van der Waals surface area contributed by atoms with E-state index in [9.17, 15) is 9.65 Å².